The Morgan fingerprint density at radius 2 is 1.78 bits per heavy atom. The lowest BCUT2D eigenvalue weighted by Gasteiger charge is -2.14. The summed E-state index contributed by atoms with van der Waals surface area (Å²) < 4.78 is 22.9. The van der Waals surface area contributed by atoms with Crippen LogP contribution in [0.5, 0.6) is 11.5 Å². The third kappa shape index (κ3) is 6.40. The van der Waals surface area contributed by atoms with E-state index in [1.54, 1.807) is 30.3 Å². The molecular formula is C22H25N2O6PS. The third-order valence-electron chi connectivity index (χ3n) is 4.44. The van der Waals surface area contributed by atoms with E-state index in [4.69, 9.17) is 9.47 Å². The molecule has 0 saturated heterocycles. The first-order chi connectivity index (χ1) is 15.0. The molecule has 0 saturated carbocycles. The van der Waals surface area contributed by atoms with Gasteiger partial charge in [0.1, 0.15) is 18.1 Å². The third-order valence-corrected chi connectivity index (χ3v) is 6.40. The highest BCUT2D eigenvalue weighted by Crippen LogP contribution is 2.33. The summed E-state index contributed by atoms with van der Waals surface area (Å²) in [4.78, 5) is 36.6. The zero-order valence-electron chi connectivity index (χ0n) is 18.2. The van der Waals surface area contributed by atoms with Crippen LogP contribution in [0, 0.1) is 13.8 Å². The summed E-state index contributed by atoms with van der Waals surface area (Å²) in [5.74, 6) is 0.591. The Labute approximate surface area is 190 Å². The van der Waals surface area contributed by atoms with E-state index in [0.29, 0.717) is 22.2 Å². The number of amides is 1. The smallest absolute Gasteiger partial charge is 0.356 e. The predicted molar refractivity (Wildman–Crippen MR) is 124 cm³/mol. The van der Waals surface area contributed by atoms with Crippen LogP contribution >= 0.6 is 18.9 Å². The molecule has 8 nitrogen and oxygen atoms in total. The van der Waals surface area contributed by atoms with Crippen LogP contribution in [0.15, 0.2) is 42.5 Å². The Kier molecular flexibility index (Phi) is 7.36. The quantitative estimate of drug-likeness (QED) is 0.418. The molecule has 2 aromatic carbocycles. The molecule has 0 unspecified atom stereocenters. The van der Waals surface area contributed by atoms with Gasteiger partial charge in [0, 0.05) is 16.5 Å². The number of ether oxygens (including phenoxy) is 2. The second-order valence-electron chi connectivity index (χ2n) is 7.47. The van der Waals surface area contributed by atoms with E-state index >= 15 is 0 Å². The maximum absolute atomic E-state index is 12.8. The Morgan fingerprint density at radius 3 is 2.34 bits per heavy atom. The first-order valence-corrected chi connectivity index (χ1v) is 12.3. The molecule has 0 spiro atoms. The maximum Gasteiger partial charge on any atom is 0.356 e. The van der Waals surface area contributed by atoms with Crippen molar-refractivity contribution in [2.24, 2.45) is 0 Å². The van der Waals surface area contributed by atoms with Gasteiger partial charge in [0.25, 0.3) is 5.91 Å². The van der Waals surface area contributed by atoms with Crippen molar-refractivity contribution in [2.45, 2.75) is 40.4 Å². The summed E-state index contributed by atoms with van der Waals surface area (Å²) in [6.45, 7) is 7.75. The number of rotatable bonds is 8. The van der Waals surface area contributed by atoms with Gasteiger partial charge in [-0.05, 0) is 57.5 Å². The van der Waals surface area contributed by atoms with Gasteiger partial charge < -0.3 is 19.3 Å². The van der Waals surface area contributed by atoms with Gasteiger partial charge in [0.2, 0.25) is 0 Å². The number of thiazole rings is 1. The number of benzene rings is 2. The molecule has 0 aliphatic heterocycles. The van der Waals surface area contributed by atoms with E-state index in [0.717, 1.165) is 16.1 Å². The lowest BCUT2D eigenvalue weighted by atomic mass is 10.2. The second-order valence-corrected chi connectivity index (χ2v) is 10.3. The van der Waals surface area contributed by atoms with Gasteiger partial charge in [-0.1, -0.05) is 12.1 Å². The number of aromatic nitrogens is 1. The van der Waals surface area contributed by atoms with Crippen molar-refractivity contribution >= 4 is 35.3 Å². The molecule has 0 atom stereocenters. The number of carbonyl (C=O) groups is 1. The molecule has 32 heavy (non-hydrogen) atoms. The van der Waals surface area contributed by atoms with Gasteiger partial charge in [-0.15, -0.1) is 11.3 Å². The number of aryl methyl sites for hydroxylation is 2. The fourth-order valence-electron chi connectivity index (χ4n) is 2.77. The van der Waals surface area contributed by atoms with E-state index in [-0.39, 0.29) is 23.9 Å². The van der Waals surface area contributed by atoms with Gasteiger partial charge in [0.05, 0.1) is 17.1 Å². The topological polar surface area (TPSA) is 118 Å². The summed E-state index contributed by atoms with van der Waals surface area (Å²) in [5.41, 5.74) is 1.95. The minimum absolute atomic E-state index is 0.0554. The molecule has 3 rings (SSSR count). The average molecular weight is 476 g/mol. The summed E-state index contributed by atoms with van der Waals surface area (Å²) in [5, 5.41) is 3.27. The van der Waals surface area contributed by atoms with Gasteiger partial charge >= 0.3 is 7.60 Å². The van der Waals surface area contributed by atoms with Crippen LogP contribution in [0.4, 0.5) is 5.13 Å². The van der Waals surface area contributed by atoms with Gasteiger partial charge in [-0.2, -0.15) is 0 Å². The number of hydrogen-bond donors (Lipinski definition) is 3. The Hall–Kier alpha value is -2.71. The lowest BCUT2D eigenvalue weighted by Crippen LogP contribution is -2.13. The van der Waals surface area contributed by atoms with Crippen molar-refractivity contribution in [3.8, 4) is 11.5 Å². The minimum Gasteiger partial charge on any atom is -0.491 e. The Bertz CT molecular complexity index is 1130. The molecule has 170 valence electrons. The fraction of sp³-hybridized carbons (Fsp3) is 0.273. The SMILES string of the molecule is Cc1nc(NC(=O)c2cc(OCc3ccc(P(=O)(O)O)cc3)cc(OC(C)C)c2)sc1C. The fourth-order valence-corrected chi connectivity index (χ4v) is 4.12. The zero-order valence-corrected chi connectivity index (χ0v) is 19.9. The summed E-state index contributed by atoms with van der Waals surface area (Å²) in [6.07, 6.45) is -0.0920. The number of anilines is 1. The monoisotopic (exact) mass is 476 g/mol. The molecule has 1 aromatic heterocycles. The second kappa shape index (κ2) is 9.83. The maximum atomic E-state index is 12.8. The molecule has 0 aliphatic carbocycles. The molecule has 1 heterocycles. The molecular weight excluding hydrogens is 451 g/mol. The van der Waals surface area contributed by atoms with Crippen LogP contribution in [0.1, 0.15) is 40.3 Å². The minimum atomic E-state index is -4.29. The Morgan fingerprint density at radius 1 is 1.12 bits per heavy atom. The van der Waals surface area contributed by atoms with Gasteiger partial charge in [-0.3, -0.25) is 14.7 Å². The highest BCUT2D eigenvalue weighted by Gasteiger charge is 2.17. The summed E-state index contributed by atoms with van der Waals surface area (Å²) in [7, 11) is -4.29. The van der Waals surface area contributed by atoms with E-state index < -0.39 is 7.60 Å². The molecule has 1 amide bonds. The number of nitrogens with one attached hydrogen (secondary N) is 1. The van der Waals surface area contributed by atoms with Crippen LogP contribution in [-0.2, 0) is 11.2 Å². The number of nitrogens with zero attached hydrogens (tertiary/aromatic N) is 1. The molecule has 0 fully saturated rings. The van der Waals surface area contributed by atoms with Crippen molar-refractivity contribution < 1.29 is 28.6 Å². The standard InChI is InChI=1S/C22H25N2O6PS/c1-13(2)30-19-10-17(21(25)24-22-23-14(3)15(4)32-22)9-18(11-19)29-12-16-5-7-20(8-6-16)31(26,27)28/h5-11,13H,12H2,1-4H3,(H,23,24,25)(H2,26,27,28). The Balaban J connectivity index is 1.78. The highest BCUT2D eigenvalue weighted by molar-refractivity contribution is 7.60. The average Bonchev–Trinajstić information content (AvgIpc) is 3.02. The van der Waals surface area contributed by atoms with Gasteiger partial charge in [-0.25, -0.2) is 4.98 Å². The first kappa shape index (κ1) is 23.9. The molecule has 0 aliphatic rings. The molecule has 0 radical (unpaired) electrons. The van der Waals surface area contributed by atoms with Crippen molar-refractivity contribution in [1.29, 1.82) is 0 Å². The molecule has 10 heteroatoms. The predicted octanol–water partition coefficient (Wildman–Crippen LogP) is 4.18. The van der Waals surface area contributed by atoms with Crippen molar-refractivity contribution in [3.05, 3.63) is 64.2 Å². The van der Waals surface area contributed by atoms with Crippen LogP contribution in [0.3, 0.4) is 0 Å². The van der Waals surface area contributed by atoms with Crippen molar-refractivity contribution in [1.82, 2.24) is 4.98 Å². The zero-order chi connectivity index (χ0) is 23.5. The summed E-state index contributed by atoms with van der Waals surface area (Å²) >= 11 is 1.41. The van der Waals surface area contributed by atoms with Crippen molar-refractivity contribution in [3.63, 3.8) is 0 Å². The van der Waals surface area contributed by atoms with Crippen LogP contribution in [0.2, 0.25) is 0 Å². The molecule has 3 N–H and O–H groups in total. The molecule has 3 aromatic rings. The van der Waals surface area contributed by atoms with Crippen LogP contribution < -0.4 is 20.1 Å². The lowest BCUT2D eigenvalue weighted by molar-refractivity contribution is 0.102. The van der Waals surface area contributed by atoms with Crippen LogP contribution in [-0.4, -0.2) is 26.8 Å². The number of hydrogen-bond acceptors (Lipinski definition) is 6. The normalized spacial score (nSPS) is 11.5. The van der Waals surface area contributed by atoms with Gasteiger partial charge in [0.15, 0.2) is 5.13 Å². The molecule has 0 bridgehead atoms. The van der Waals surface area contributed by atoms with E-state index in [9.17, 15) is 19.1 Å². The van der Waals surface area contributed by atoms with E-state index in [1.165, 1.54) is 23.5 Å². The largest absolute Gasteiger partial charge is 0.491 e. The van der Waals surface area contributed by atoms with Crippen molar-refractivity contribution in [2.75, 3.05) is 5.32 Å². The first-order valence-electron chi connectivity index (χ1n) is 9.86. The van der Waals surface area contributed by atoms with Crippen LogP contribution in [0.25, 0.3) is 0 Å². The number of carbonyl (C=O) groups excluding carboxylic acids is 1. The van der Waals surface area contributed by atoms with E-state index in [1.807, 2.05) is 27.7 Å². The van der Waals surface area contributed by atoms with E-state index in [2.05, 4.69) is 10.3 Å². The highest BCUT2D eigenvalue weighted by atomic mass is 32.1. The summed E-state index contributed by atoms with van der Waals surface area (Å²) in [6, 6.07) is 10.9.